The molecule has 0 saturated heterocycles. The largest absolute Gasteiger partial charge is 0.463 e. The summed E-state index contributed by atoms with van der Waals surface area (Å²) in [4.78, 5) is 10.8. The number of ether oxygens (including phenoxy) is 1. The lowest BCUT2D eigenvalue weighted by atomic mass is 10.5. The summed E-state index contributed by atoms with van der Waals surface area (Å²) in [6, 6.07) is 1.10. The van der Waals surface area contributed by atoms with E-state index < -0.39 is 8.80 Å². The van der Waals surface area contributed by atoms with Crippen LogP contribution in [-0.2, 0) is 18.4 Å². The average molecular weight is 291 g/mol. The summed E-state index contributed by atoms with van der Waals surface area (Å²) < 4.78 is 16.7. The maximum Gasteiger partial charge on any atom is 0.330 e. The summed E-state index contributed by atoms with van der Waals surface area (Å²) >= 11 is 0. The third-order valence-corrected chi connectivity index (χ3v) is 8.96. The second-order valence-corrected chi connectivity index (χ2v) is 11.1. The van der Waals surface area contributed by atoms with Gasteiger partial charge in [-0.25, -0.2) is 4.79 Å². The highest BCUT2D eigenvalue weighted by atomic mass is 29.2. The molecule has 0 bridgehead atoms. The molecule has 0 aromatic heterocycles. The van der Waals surface area contributed by atoms with Crippen LogP contribution in [-0.4, -0.2) is 42.6 Å². The molecule has 0 radical (unpaired) electrons. The first-order chi connectivity index (χ1) is 8.45. The molecule has 0 fully saturated rings. The summed E-state index contributed by atoms with van der Waals surface area (Å²) in [7, 11) is -1.78. The minimum Gasteiger partial charge on any atom is -0.463 e. The highest BCUT2D eigenvalue weighted by Gasteiger charge is 2.16. The van der Waals surface area contributed by atoms with Gasteiger partial charge in [0.15, 0.2) is 0 Å². The Labute approximate surface area is 114 Å². The normalized spacial score (nSPS) is 11.9. The lowest BCUT2D eigenvalue weighted by Crippen LogP contribution is -2.35. The number of carbonyl (C=O) groups is 1. The van der Waals surface area contributed by atoms with Crippen molar-refractivity contribution in [1.82, 2.24) is 0 Å². The summed E-state index contributed by atoms with van der Waals surface area (Å²) in [5.74, 6) is -0.345. The van der Waals surface area contributed by atoms with E-state index in [4.69, 9.17) is 13.6 Å². The van der Waals surface area contributed by atoms with Crippen LogP contribution in [0.15, 0.2) is 12.7 Å². The molecular weight excluding hydrogens is 264 g/mol. The van der Waals surface area contributed by atoms with Crippen LogP contribution in [0.2, 0.25) is 6.04 Å². The Morgan fingerprint density at radius 3 is 2.28 bits per heavy atom. The molecule has 6 heteroatoms. The smallest absolute Gasteiger partial charge is 0.330 e. The van der Waals surface area contributed by atoms with Gasteiger partial charge in [0, 0.05) is 18.3 Å². The molecule has 0 aliphatic rings. The highest BCUT2D eigenvalue weighted by Crippen LogP contribution is 2.02. The number of hydrogen-bond acceptors (Lipinski definition) is 4. The Balaban J connectivity index is 3.74. The van der Waals surface area contributed by atoms with Gasteiger partial charge >= 0.3 is 5.97 Å². The molecule has 0 saturated carbocycles. The fraction of sp³-hybridized carbons (Fsp3) is 0.750. The van der Waals surface area contributed by atoms with E-state index in [-0.39, 0.29) is 27.2 Å². The summed E-state index contributed by atoms with van der Waals surface area (Å²) in [6.45, 7) is 12.0. The molecule has 0 aliphatic carbocycles. The molecule has 0 amide bonds. The van der Waals surface area contributed by atoms with Crippen molar-refractivity contribution in [2.45, 2.75) is 52.4 Å². The maximum absolute atomic E-state index is 10.8. The van der Waals surface area contributed by atoms with Crippen molar-refractivity contribution in [1.29, 1.82) is 0 Å². The Morgan fingerprint density at radius 1 is 1.28 bits per heavy atom. The van der Waals surface area contributed by atoms with Crippen molar-refractivity contribution in [3.63, 3.8) is 0 Å². The zero-order valence-corrected chi connectivity index (χ0v) is 14.5. The van der Waals surface area contributed by atoms with Crippen molar-refractivity contribution in [2.75, 3.05) is 6.61 Å². The van der Waals surface area contributed by atoms with Gasteiger partial charge in [0.1, 0.15) is 0 Å². The molecule has 0 aliphatic heterocycles. The molecular formula is C12H26O4Si2. The van der Waals surface area contributed by atoms with Crippen LogP contribution in [0.3, 0.4) is 0 Å². The standard InChI is InChI=1S/C12H26O4Si2/c1-6-12(13)14-8-7-9-17-18(15-10(2)3)16-11(4)5/h6,10-11,18H,1,7-9,17H2,2-5H3. The molecule has 0 rings (SSSR count). The van der Waals surface area contributed by atoms with Gasteiger partial charge in [0.25, 0.3) is 8.80 Å². The minimum atomic E-state index is -1.45. The minimum absolute atomic E-state index is 0.242. The Morgan fingerprint density at radius 2 is 1.83 bits per heavy atom. The lowest BCUT2D eigenvalue weighted by Gasteiger charge is -2.21. The molecule has 0 spiro atoms. The van der Waals surface area contributed by atoms with E-state index in [0.717, 1.165) is 12.5 Å². The summed E-state index contributed by atoms with van der Waals surface area (Å²) in [5, 5.41) is 0. The number of rotatable bonds is 10. The van der Waals surface area contributed by atoms with E-state index in [9.17, 15) is 4.79 Å². The van der Waals surface area contributed by atoms with Gasteiger partial charge < -0.3 is 13.6 Å². The van der Waals surface area contributed by atoms with Gasteiger partial charge in [-0.05, 0) is 34.1 Å². The van der Waals surface area contributed by atoms with Crippen LogP contribution in [0.1, 0.15) is 34.1 Å². The molecule has 4 nitrogen and oxygen atoms in total. The Bertz CT molecular complexity index is 234. The SMILES string of the molecule is C=CC(=O)OCCC[SiH2][SiH](OC(C)C)OC(C)C. The lowest BCUT2D eigenvalue weighted by molar-refractivity contribution is -0.137. The maximum atomic E-state index is 10.8. The van der Waals surface area contributed by atoms with Crippen molar-refractivity contribution >= 4 is 23.8 Å². The van der Waals surface area contributed by atoms with E-state index in [0.29, 0.717) is 6.61 Å². The fourth-order valence-corrected chi connectivity index (χ4v) is 8.79. The molecule has 0 aromatic carbocycles. The highest BCUT2D eigenvalue weighted by molar-refractivity contribution is 7.05. The van der Waals surface area contributed by atoms with E-state index in [1.165, 1.54) is 6.08 Å². The van der Waals surface area contributed by atoms with Crippen LogP contribution in [0.4, 0.5) is 0 Å². The van der Waals surface area contributed by atoms with Crippen LogP contribution >= 0.6 is 0 Å². The van der Waals surface area contributed by atoms with Gasteiger partial charge in [-0.2, -0.15) is 0 Å². The number of hydrogen-bond donors (Lipinski definition) is 0. The van der Waals surface area contributed by atoms with Crippen molar-refractivity contribution in [3.8, 4) is 0 Å². The zero-order valence-electron chi connectivity index (χ0n) is 12.0. The summed E-state index contributed by atoms with van der Waals surface area (Å²) in [5.41, 5.74) is 0. The van der Waals surface area contributed by atoms with Gasteiger partial charge in [0.05, 0.1) is 15.6 Å². The van der Waals surface area contributed by atoms with Crippen LogP contribution < -0.4 is 0 Å². The monoisotopic (exact) mass is 290 g/mol. The van der Waals surface area contributed by atoms with E-state index in [1.807, 2.05) is 27.7 Å². The predicted molar refractivity (Wildman–Crippen MR) is 78.7 cm³/mol. The zero-order chi connectivity index (χ0) is 14.0. The van der Waals surface area contributed by atoms with Crippen LogP contribution in [0.25, 0.3) is 0 Å². The number of esters is 1. The topological polar surface area (TPSA) is 44.8 Å². The first-order valence-electron chi connectivity index (χ1n) is 6.55. The molecule has 106 valence electrons. The van der Waals surface area contributed by atoms with Gasteiger partial charge in [0.2, 0.25) is 0 Å². The third-order valence-electron chi connectivity index (χ3n) is 2.09. The van der Waals surface area contributed by atoms with Crippen molar-refractivity contribution < 1.29 is 18.4 Å². The van der Waals surface area contributed by atoms with Gasteiger partial charge in [-0.1, -0.05) is 12.6 Å². The number of carbonyl (C=O) groups excluding carboxylic acids is 1. The van der Waals surface area contributed by atoms with Crippen molar-refractivity contribution in [3.05, 3.63) is 12.7 Å². The second-order valence-electron chi connectivity index (χ2n) is 4.67. The molecule has 0 unspecified atom stereocenters. The molecule has 18 heavy (non-hydrogen) atoms. The average Bonchev–Trinajstić information content (AvgIpc) is 2.26. The first kappa shape index (κ1) is 17.6. The molecule has 0 heterocycles. The van der Waals surface area contributed by atoms with E-state index in [2.05, 4.69) is 6.58 Å². The molecule has 0 aromatic rings. The predicted octanol–water partition coefficient (Wildman–Crippen LogP) is 1.26. The first-order valence-corrected chi connectivity index (χ1v) is 11.8. The Kier molecular flexibility index (Phi) is 10.2. The summed E-state index contributed by atoms with van der Waals surface area (Å²) in [6.07, 6.45) is 2.58. The third kappa shape index (κ3) is 10.7. The van der Waals surface area contributed by atoms with Gasteiger partial charge in [-0.3, -0.25) is 0 Å². The fourth-order valence-electron chi connectivity index (χ4n) is 1.42. The quantitative estimate of drug-likeness (QED) is 0.263. The van der Waals surface area contributed by atoms with Gasteiger partial charge in [-0.15, -0.1) is 0 Å². The molecule has 0 N–H and O–H groups in total. The van der Waals surface area contributed by atoms with Crippen molar-refractivity contribution in [2.24, 2.45) is 0 Å². The van der Waals surface area contributed by atoms with E-state index >= 15 is 0 Å². The van der Waals surface area contributed by atoms with Crippen LogP contribution in [0.5, 0.6) is 0 Å². The van der Waals surface area contributed by atoms with Crippen LogP contribution in [0, 0.1) is 0 Å². The second kappa shape index (κ2) is 10.5. The molecule has 0 atom stereocenters. The van der Waals surface area contributed by atoms with E-state index in [1.54, 1.807) is 0 Å². The Hall–Kier alpha value is -0.436.